The quantitative estimate of drug-likeness (QED) is 0.551. The van der Waals surface area contributed by atoms with Gasteiger partial charge in [-0.3, -0.25) is 4.79 Å². The molecule has 1 N–H and O–H groups in total. The van der Waals surface area contributed by atoms with Gasteiger partial charge in [0.05, 0.1) is 24.8 Å². The third-order valence-corrected chi connectivity index (χ3v) is 3.80. The summed E-state index contributed by atoms with van der Waals surface area (Å²) in [6, 6.07) is 8.47. The Kier molecular flexibility index (Phi) is 7.26. The Morgan fingerprint density at radius 2 is 1.69 bits per heavy atom. The van der Waals surface area contributed by atoms with E-state index in [9.17, 15) is 10.0 Å². The van der Waals surface area contributed by atoms with Crippen molar-refractivity contribution in [3.63, 3.8) is 0 Å². The zero-order valence-corrected chi connectivity index (χ0v) is 15.5. The van der Waals surface area contributed by atoms with Crippen molar-refractivity contribution in [2.75, 3.05) is 13.2 Å². The van der Waals surface area contributed by atoms with Gasteiger partial charge in [0.25, 0.3) is 5.91 Å². The third kappa shape index (κ3) is 5.37. The van der Waals surface area contributed by atoms with Gasteiger partial charge in [-0.15, -0.1) is 0 Å². The molecule has 1 atom stereocenters. The van der Waals surface area contributed by atoms with Gasteiger partial charge in [0.15, 0.2) is 23.9 Å². The topological polar surface area (TPSA) is 74.5 Å². The molecule has 1 heterocycles. The molecule has 1 unspecified atom stereocenters. The van der Waals surface area contributed by atoms with Crippen LogP contribution in [0.2, 0.25) is 0 Å². The fourth-order valence-corrected chi connectivity index (χ4v) is 2.38. The van der Waals surface area contributed by atoms with E-state index in [-0.39, 0.29) is 11.9 Å². The van der Waals surface area contributed by atoms with Crippen molar-refractivity contribution < 1.29 is 19.0 Å². The van der Waals surface area contributed by atoms with Crippen molar-refractivity contribution in [2.45, 2.75) is 39.7 Å². The van der Waals surface area contributed by atoms with Crippen LogP contribution in [0.4, 0.5) is 0 Å². The lowest BCUT2D eigenvalue weighted by Gasteiger charge is -2.18. The Hall–Kier alpha value is -2.76. The summed E-state index contributed by atoms with van der Waals surface area (Å²) in [5, 5.41) is 14.0. The minimum Gasteiger partial charge on any atom is -0.619 e. The van der Waals surface area contributed by atoms with E-state index in [0.29, 0.717) is 35.0 Å². The molecule has 0 radical (unpaired) electrons. The fourth-order valence-electron chi connectivity index (χ4n) is 2.38. The molecule has 0 aliphatic carbocycles. The van der Waals surface area contributed by atoms with Crippen LogP contribution in [0.5, 0.6) is 11.5 Å². The number of hydrogen-bond donors (Lipinski definition) is 1. The average Bonchev–Trinajstić information content (AvgIpc) is 2.65. The van der Waals surface area contributed by atoms with Crippen LogP contribution in [0.15, 0.2) is 42.7 Å². The summed E-state index contributed by atoms with van der Waals surface area (Å²) in [5.41, 5.74) is 1.36. The Morgan fingerprint density at radius 1 is 1.08 bits per heavy atom. The van der Waals surface area contributed by atoms with Gasteiger partial charge in [-0.25, -0.2) is 0 Å². The lowest BCUT2D eigenvalue weighted by Crippen LogP contribution is -2.29. The Morgan fingerprint density at radius 3 is 2.31 bits per heavy atom. The monoisotopic (exact) mass is 358 g/mol. The number of carbonyl (C=O) groups excluding carboxylic acids is 1. The van der Waals surface area contributed by atoms with Crippen molar-refractivity contribution in [1.29, 1.82) is 0 Å². The van der Waals surface area contributed by atoms with Gasteiger partial charge in [-0.05, 0) is 37.5 Å². The fraction of sp³-hybridized carbons (Fsp3) is 0.400. The zero-order chi connectivity index (χ0) is 18.9. The molecule has 1 aromatic heterocycles. The number of aromatic nitrogens is 1. The van der Waals surface area contributed by atoms with Gasteiger partial charge in [-0.1, -0.05) is 19.9 Å². The Labute approximate surface area is 154 Å². The number of benzene rings is 1. The van der Waals surface area contributed by atoms with Gasteiger partial charge in [0.1, 0.15) is 0 Å². The molecule has 0 saturated heterocycles. The summed E-state index contributed by atoms with van der Waals surface area (Å²) in [6.07, 6.45) is 4.42. The van der Waals surface area contributed by atoms with E-state index in [0.717, 1.165) is 18.4 Å². The summed E-state index contributed by atoms with van der Waals surface area (Å²) in [6.45, 7) is 7.23. The predicted octanol–water partition coefficient (Wildman–Crippen LogP) is 3.39. The van der Waals surface area contributed by atoms with E-state index < -0.39 is 0 Å². The molecule has 0 bridgehead atoms. The summed E-state index contributed by atoms with van der Waals surface area (Å²) in [7, 11) is 0. The van der Waals surface area contributed by atoms with Gasteiger partial charge >= 0.3 is 0 Å². The molecule has 1 aromatic carbocycles. The lowest BCUT2D eigenvalue weighted by atomic mass is 10.1. The second-order valence-electron chi connectivity index (χ2n) is 6.04. The minimum absolute atomic E-state index is 0.216. The first-order valence-electron chi connectivity index (χ1n) is 8.94. The van der Waals surface area contributed by atoms with Gasteiger partial charge in [0, 0.05) is 12.1 Å². The first kappa shape index (κ1) is 19.6. The molecule has 26 heavy (non-hydrogen) atoms. The summed E-state index contributed by atoms with van der Waals surface area (Å²) in [5.74, 6) is 1.16. The normalized spacial score (nSPS) is 11.7. The first-order valence-corrected chi connectivity index (χ1v) is 8.94. The summed E-state index contributed by atoms with van der Waals surface area (Å²) >= 11 is 0. The van der Waals surface area contributed by atoms with Crippen LogP contribution in [0, 0.1) is 5.21 Å². The highest BCUT2D eigenvalue weighted by Crippen LogP contribution is 2.31. The van der Waals surface area contributed by atoms with Crippen molar-refractivity contribution in [2.24, 2.45) is 0 Å². The van der Waals surface area contributed by atoms with E-state index >= 15 is 0 Å². The smallest absolute Gasteiger partial charge is 0.252 e. The first-order chi connectivity index (χ1) is 12.5. The SMILES string of the molecule is CCCOc1ccc(C(C)NC(=O)c2cc[n+]([O-])cc2)cc1OCCC. The van der Waals surface area contributed by atoms with Gasteiger partial charge in [-0.2, -0.15) is 4.73 Å². The maximum absolute atomic E-state index is 12.3. The molecule has 2 rings (SSSR count). The van der Waals surface area contributed by atoms with Gasteiger partial charge < -0.3 is 20.0 Å². The number of amides is 1. The highest BCUT2D eigenvalue weighted by atomic mass is 16.5. The second kappa shape index (κ2) is 9.65. The van der Waals surface area contributed by atoms with Crippen molar-refractivity contribution in [1.82, 2.24) is 5.32 Å². The Bertz CT molecular complexity index is 716. The number of rotatable bonds is 9. The molecular weight excluding hydrogens is 332 g/mol. The molecular formula is C20H26N2O4. The van der Waals surface area contributed by atoms with E-state index in [1.54, 1.807) is 0 Å². The van der Waals surface area contributed by atoms with Crippen LogP contribution < -0.4 is 19.5 Å². The van der Waals surface area contributed by atoms with E-state index in [2.05, 4.69) is 12.2 Å². The zero-order valence-electron chi connectivity index (χ0n) is 15.5. The number of nitrogens with zero attached hydrogens (tertiary/aromatic N) is 1. The molecule has 6 nitrogen and oxygen atoms in total. The summed E-state index contributed by atoms with van der Waals surface area (Å²) in [4.78, 5) is 12.3. The maximum atomic E-state index is 12.3. The van der Waals surface area contributed by atoms with Crippen LogP contribution in [0.1, 0.15) is 55.6 Å². The average molecular weight is 358 g/mol. The number of ether oxygens (including phenoxy) is 2. The molecule has 140 valence electrons. The number of nitrogens with one attached hydrogen (secondary N) is 1. The van der Waals surface area contributed by atoms with Gasteiger partial charge in [0.2, 0.25) is 0 Å². The van der Waals surface area contributed by atoms with Crippen LogP contribution in [0.25, 0.3) is 0 Å². The largest absolute Gasteiger partial charge is 0.619 e. The van der Waals surface area contributed by atoms with Crippen molar-refractivity contribution >= 4 is 5.91 Å². The van der Waals surface area contributed by atoms with Crippen molar-refractivity contribution in [3.8, 4) is 11.5 Å². The highest BCUT2D eigenvalue weighted by molar-refractivity contribution is 5.94. The van der Waals surface area contributed by atoms with Crippen LogP contribution in [-0.4, -0.2) is 19.1 Å². The number of pyridine rings is 1. The number of hydrogen-bond acceptors (Lipinski definition) is 4. The standard InChI is InChI=1S/C20H26N2O4/c1-4-12-25-18-7-6-17(14-19(18)26-13-5-2)15(3)21-20(23)16-8-10-22(24)11-9-16/h6-11,14-15H,4-5,12-13H2,1-3H3,(H,21,23). The predicted molar refractivity (Wildman–Crippen MR) is 99.3 cm³/mol. The summed E-state index contributed by atoms with van der Waals surface area (Å²) < 4.78 is 12.2. The van der Waals surface area contributed by atoms with E-state index in [1.807, 2.05) is 32.0 Å². The molecule has 0 saturated carbocycles. The highest BCUT2D eigenvalue weighted by Gasteiger charge is 2.15. The minimum atomic E-state index is -0.236. The Balaban J connectivity index is 2.12. The van der Waals surface area contributed by atoms with E-state index in [1.165, 1.54) is 24.5 Å². The molecule has 0 aliphatic heterocycles. The third-order valence-electron chi connectivity index (χ3n) is 3.80. The molecule has 0 spiro atoms. The van der Waals surface area contributed by atoms with E-state index in [4.69, 9.17) is 9.47 Å². The molecule has 6 heteroatoms. The molecule has 0 fully saturated rings. The molecule has 1 amide bonds. The van der Waals surface area contributed by atoms with Crippen LogP contribution >= 0.6 is 0 Å². The van der Waals surface area contributed by atoms with Crippen LogP contribution in [0.3, 0.4) is 0 Å². The van der Waals surface area contributed by atoms with Crippen LogP contribution in [-0.2, 0) is 0 Å². The molecule has 0 aliphatic rings. The molecule has 2 aromatic rings. The lowest BCUT2D eigenvalue weighted by molar-refractivity contribution is -0.605. The second-order valence-corrected chi connectivity index (χ2v) is 6.04. The maximum Gasteiger partial charge on any atom is 0.252 e. The number of carbonyl (C=O) groups is 1. The van der Waals surface area contributed by atoms with Crippen molar-refractivity contribution in [3.05, 3.63) is 59.1 Å².